The monoisotopic (exact) mass is 596 g/mol. The topological polar surface area (TPSA) is 90.5 Å². The Bertz CT molecular complexity index is 1520. The van der Waals surface area contributed by atoms with E-state index in [1.54, 1.807) is 11.9 Å². The van der Waals surface area contributed by atoms with Crippen LogP contribution >= 0.6 is 23.6 Å². The predicted molar refractivity (Wildman–Crippen MR) is 151 cm³/mol. The van der Waals surface area contributed by atoms with Gasteiger partial charge in [0.05, 0.1) is 26.1 Å². The van der Waals surface area contributed by atoms with Crippen molar-refractivity contribution >= 4 is 55.7 Å². The summed E-state index contributed by atoms with van der Waals surface area (Å²) in [5.41, 5.74) is 1.29. The fourth-order valence-corrected chi connectivity index (χ4v) is 8.02. The number of alkyl halides is 3. The highest BCUT2D eigenvalue weighted by molar-refractivity contribution is 7.92. The molecule has 0 bridgehead atoms. The van der Waals surface area contributed by atoms with E-state index in [-0.39, 0.29) is 37.9 Å². The van der Waals surface area contributed by atoms with Gasteiger partial charge in [-0.05, 0) is 36.2 Å². The molecule has 0 radical (unpaired) electrons. The van der Waals surface area contributed by atoms with Crippen LogP contribution in [0, 0.1) is 0 Å². The van der Waals surface area contributed by atoms with Gasteiger partial charge in [0.2, 0.25) is 5.95 Å². The molecule has 208 valence electrons. The lowest BCUT2D eigenvalue weighted by atomic mass is 10.1. The molecule has 0 unspecified atom stereocenters. The lowest BCUT2D eigenvalue weighted by Gasteiger charge is -2.30. The Hall–Kier alpha value is -2.81. The zero-order chi connectivity index (χ0) is 27.9. The Morgan fingerprint density at radius 2 is 1.92 bits per heavy atom. The fourth-order valence-electron chi connectivity index (χ4n) is 4.59. The minimum absolute atomic E-state index is 0.0197. The Morgan fingerprint density at radius 1 is 1.18 bits per heavy atom. The quantitative estimate of drug-likeness (QED) is 0.418. The first kappa shape index (κ1) is 27.7. The molecule has 8 nitrogen and oxygen atoms in total. The number of rotatable bonds is 5. The molecule has 2 N–H and O–H groups in total. The summed E-state index contributed by atoms with van der Waals surface area (Å²) in [6.45, 7) is 5.79. The van der Waals surface area contributed by atoms with Crippen LogP contribution in [-0.2, 0) is 22.4 Å². The van der Waals surface area contributed by atoms with Crippen LogP contribution in [-0.4, -0.2) is 73.8 Å². The molecule has 1 aromatic carbocycles. The smallest absolute Gasteiger partial charge is 0.369 e. The number of aromatic nitrogens is 2. The van der Waals surface area contributed by atoms with Gasteiger partial charge < -0.3 is 20.4 Å². The van der Waals surface area contributed by atoms with Crippen LogP contribution in [0.5, 0.6) is 0 Å². The van der Waals surface area contributed by atoms with Crippen molar-refractivity contribution in [2.75, 3.05) is 55.7 Å². The lowest BCUT2D eigenvalue weighted by Crippen LogP contribution is -2.43. The van der Waals surface area contributed by atoms with E-state index in [1.807, 2.05) is 19.1 Å². The van der Waals surface area contributed by atoms with E-state index in [0.717, 1.165) is 55.0 Å². The van der Waals surface area contributed by atoms with Crippen molar-refractivity contribution in [1.29, 1.82) is 0 Å². The van der Waals surface area contributed by atoms with Crippen molar-refractivity contribution in [3.8, 4) is 10.6 Å². The van der Waals surface area contributed by atoms with E-state index in [1.165, 1.54) is 6.07 Å². The largest absolute Gasteiger partial charge is 0.420 e. The van der Waals surface area contributed by atoms with Crippen molar-refractivity contribution in [1.82, 2.24) is 20.2 Å². The zero-order valence-corrected chi connectivity index (χ0v) is 23.7. The van der Waals surface area contributed by atoms with Gasteiger partial charge in [0.1, 0.15) is 10.6 Å². The molecular formula is C25H27F3N6O2S3. The molecule has 5 rings (SSSR count). The van der Waals surface area contributed by atoms with Gasteiger partial charge in [-0.2, -0.15) is 13.2 Å². The first-order valence-corrected chi connectivity index (χ1v) is 15.3. The van der Waals surface area contributed by atoms with Crippen molar-refractivity contribution in [3.05, 3.63) is 46.5 Å². The summed E-state index contributed by atoms with van der Waals surface area (Å²) >= 11 is 6.33. The molecule has 14 heteroatoms. The molecular weight excluding hydrogens is 570 g/mol. The van der Waals surface area contributed by atoms with Crippen molar-refractivity contribution in [3.63, 3.8) is 0 Å². The predicted octanol–water partition coefficient (Wildman–Crippen LogP) is 4.33. The van der Waals surface area contributed by atoms with E-state index in [4.69, 9.17) is 12.2 Å². The van der Waals surface area contributed by atoms with E-state index in [0.29, 0.717) is 12.1 Å². The van der Waals surface area contributed by atoms with Crippen molar-refractivity contribution in [2.45, 2.75) is 24.4 Å². The number of piperazine rings is 1. The molecule has 0 amide bonds. The third kappa shape index (κ3) is 5.60. The molecule has 1 saturated heterocycles. The van der Waals surface area contributed by atoms with E-state index < -0.39 is 27.3 Å². The molecule has 2 aliphatic heterocycles. The Balaban J connectivity index is 1.54. The summed E-state index contributed by atoms with van der Waals surface area (Å²) in [7, 11) is -2.06. The highest BCUT2D eigenvalue weighted by Gasteiger charge is 2.38. The highest BCUT2D eigenvalue weighted by atomic mass is 32.2. The first-order chi connectivity index (χ1) is 18.5. The van der Waals surface area contributed by atoms with Gasteiger partial charge in [0.15, 0.2) is 9.84 Å². The van der Waals surface area contributed by atoms with Crippen LogP contribution in [0.2, 0.25) is 0 Å². The van der Waals surface area contributed by atoms with E-state index >= 15 is 0 Å². The Morgan fingerprint density at radius 3 is 2.62 bits per heavy atom. The maximum atomic E-state index is 14.0. The van der Waals surface area contributed by atoms with E-state index in [2.05, 4.69) is 31.6 Å². The lowest BCUT2D eigenvalue weighted by molar-refractivity contribution is -0.137. The van der Waals surface area contributed by atoms with E-state index in [9.17, 15) is 21.6 Å². The second kappa shape index (κ2) is 10.6. The van der Waals surface area contributed by atoms with Gasteiger partial charge in [0.25, 0.3) is 0 Å². The third-order valence-electron chi connectivity index (χ3n) is 6.80. The van der Waals surface area contributed by atoms with Crippen molar-refractivity contribution < 1.29 is 21.6 Å². The molecule has 0 atom stereocenters. The molecule has 2 aromatic heterocycles. The number of anilines is 3. The first-order valence-electron chi connectivity index (χ1n) is 12.4. The maximum Gasteiger partial charge on any atom is 0.420 e. The molecule has 0 saturated carbocycles. The number of sulfone groups is 1. The number of benzene rings is 1. The number of thiophene rings is 1. The standard InChI is InChI=1S/C25H27F3N6O2S3/c1-3-15-12-16(34-8-6-29-7-9-34)4-5-18(15)31-24-30-14-17(25(26,27)28)21(32-24)19-13-20-22(38-19)23(37)33(2)10-11-39(20,35)36/h4-5,12-14,29H,3,6-11H2,1-2H3,(H,30,31,32). The molecule has 3 aromatic rings. The number of fused-ring (bicyclic) bond motifs is 1. The summed E-state index contributed by atoms with van der Waals surface area (Å²) in [4.78, 5) is 12.6. The number of nitrogens with zero attached hydrogens (tertiary/aromatic N) is 4. The van der Waals surface area contributed by atoms with Gasteiger partial charge >= 0.3 is 6.18 Å². The van der Waals surface area contributed by atoms with Crippen LogP contribution in [0.25, 0.3) is 10.6 Å². The SMILES string of the molecule is CCc1cc(N2CCNCC2)ccc1Nc1ncc(C(F)(F)F)c(-c2cc3c(s2)C(=S)N(C)CCS3(=O)=O)n1. The minimum Gasteiger partial charge on any atom is -0.369 e. The Kier molecular flexibility index (Phi) is 7.57. The normalized spacial score (nSPS) is 17.6. The summed E-state index contributed by atoms with van der Waals surface area (Å²) in [6, 6.07) is 7.17. The molecule has 0 spiro atoms. The van der Waals surface area contributed by atoms with Gasteiger partial charge in [-0.3, -0.25) is 0 Å². The second-order valence-corrected chi connectivity index (χ2v) is 12.9. The summed E-state index contributed by atoms with van der Waals surface area (Å²) in [5.74, 6) is -0.201. The zero-order valence-electron chi connectivity index (χ0n) is 21.3. The minimum atomic E-state index is -4.75. The average Bonchev–Trinajstić information content (AvgIpc) is 3.35. The van der Waals surface area contributed by atoms with Gasteiger partial charge in [-0.25, -0.2) is 18.4 Å². The van der Waals surface area contributed by atoms with Crippen LogP contribution < -0.4 is 15.5 Å². The number of thiocarbonyl (C=S) groups is 1. The summed E-state index contributed by atoms with van der Waals surface area (Å²) in [6.07, 6.45) is -3.32. The summed E-state index contributed by atoms with van der Waals surface area (Å²) in [5, 5.41) is 6.40. The van der Waals surface area contributed by atoms with Crippen LogP contribution in [0.15, 0.2) is 35.4 Å². The van der Waals surface area contributed by atoms with Gasteiger partial charge in [-0.15, -0.1) is 11.3 Å². The van der Waals surface area contributed by atoms with Crippen LogP contribution in [0.3, 0.4) is 0 Å². The van der Waals surface area contributed by atoms with Gasteiger partial charge in [-0.1, -0.05) is 19.1 Å². The maximum absolute atomic E-state index is 14.0. The second-order valence-electron chi connectivity index (χ2n) is 9.36. The molecule has 39 heavy (non-hydrogen) atoms. The molecule has 0 aliphatic carbocycles. The van der Waals surface area contributed by atoms with Crippen LogP contribution in [0.4, 0.5) is 30.5 Å². The number of hydrogen-bond donors (Lipinski definition) is 2. The number of halogens is 3. The molecule has 1 fully saturated rings. The molecule has 4 heterocycles. The summed E-state index contributed by atoms with van der Waals surface area (Å²) < 4.78 is 67.8. The highest BCUT2D eigenvalue weighted by Crippen LogP contribution is 2.42. The average molecular weight is 597 g/mol. The fraction of sp³-hybridized carbons (Fsp3) is 0.400. The number of aryl methyl sites for hydroxylation is 1. The number of hydrogen-bond acceptors (Lipinski definition) is 9. The molecule has 2 aliphatic rings. The number of nitrogens with one attached hydrogen (secondary N) is 2. The Labute approximate surface area is 234 Å². The van der Waals surface area contributed by atoms with Crippen LogP contribution in [0.1, 0.15) is 22.9 Å². The van der Waals surface area contributed by atoms with Gasteiger partial charge in [0, 0.05) is 57.3 Å². The van der Waals surface area contributed by atoms with Crippen molar-refractivity contribution in [2.24, 2.45) is 0 Å². The third-order valence-corrected chi connectivity index (χ3v) is 10.4.